The Balaban J connectivity index is 2.07. The number of thiophene rings is 1. The van der Waals surface area contributed by atoms with Crippen molar-refractivity contribution in [2.45, 2.75) is 44.6 Å². The Hall–Kier alpha value is 0.620. The molecule has 1 N–H and O–H groups in total. The molecule has 1 atom stereocenters. The average Bonchev–Trinajstić information content (AvgIpc) is 2.51. The third kappa shape index (κ3) is 3.09. The smallest absolute Gasteiger partial charge is 0.0910 e. The van der Waals surface area contributed by atoms with E-state index in [1.165, 1.54) is 38.5 Å². The Kier molecular flexibility index (Phi) is 4.89. The Bertz CT molecular complexity index is 323. The second-order valence-electron chi connectivity index (χ2n) is 4.47. The molecule has 1 aliphatic rings. The maximum atomic E-state index is 10.4. The summed E-state index contributed by atoms with van der Waals surface area (Å²) in [4.78, 5) is 1.09. The first-order valence-corrected chi connectivity index (χ1v) is 8.21. The van der Waals surface area contributed by atoms with Gasteiger partial charge in [-0.3, -0.25) is 0 Å². The molecule has 0 amide bonds. The Morgan fingerprint density at radius 2 is 1.81 bits per heavy atom. The fourth-order valence-corrected chi connectivity index (χ4v) is 4.54. The summed E-state index contributed by atoms with van der Waals surface area (Å²) in [5, 5.41) is 10.4. The van der Waals surface area contributed by atoms with Gasteiger partial charge in [0.15, 0.2) is 0 Å². The quantitative estimate of drug-likeness (QED) is 0.705. The summed E-state index contributed by atoms with van der Waals surface area (Å²) in [6, 6.07) is 2.05. The predicted molar refractivity (Wildman–Crippen MR) is 75.9 cm³/mol. The first-order valence-electron chi connectivity index (χ1n) is 5.81. The SMILES string of the molecule is OC(c1cc(Br)c(Br)s1)C1CCCCCC1. The van der Waals surface area contributed by atoms with Crippen molar-refractivity contribution in [3.8, 4) is 0 Å². The molecule has 4 heteroatoms. The van der Waals surface area contributed by atoms with Crippen LogP contribution in [0.4, 0.5) is 0 Å². The summed E-state index contributed by atoms with van der Waals surface area (Å²) >= 11 is 8.60. The molecule has 0 saturated heterocycles. The summed E-state index contributed by atoms with van der Waals surface area (Å²) in [6.07, 6.45) is 7.29. The van der Waals surface area contributed by atoms with Crippen molar-refractivity contribution in [3.05, 3.63) is 19.2 Å². The molecule has 0 aliphatic heterocycles. The molecule has 1 heterocycles. The van der Waals surface area contributed by atoms with Crippen molar-refractivity contribution in [2.24, 2.45) is 5.92 Å². The van der Waals surface area contributed by atoms with Crippen molar-refractivity contribution in [1.29, 1.82) is 0 Å². The zero-order valence-electron chi connectivity index (χ0n) is 9.09. The molecular weight excluding hydrogens is 352 g/mol. The minimum atomic E-state index is -0.273. The van der Waals surface area contributed by atoms with Gasteiger partial charge in [-0.2, -0.15) is 0 Å². The summed E-state index contributed by atoms with van der Waals surface area (Å²) in [6.45, 7) is 0. The van der Waals surface area contributed by atoms with Crippen LogP contribution in [0.15, 0.2) is 14.3 Å². The van der Waals surface area contributed by atoms with Crippen LogP contribution >= 0.6 is 43.2 Å². The van der Waals surface area contributed by atoms with Crippen molar-refractivity contribution >= 4 is 43.2 Å². The Morgan fingerprint density at radius 3 is 2.31 bits per heavy atom. The van der Waals surface area contributed by atoms with Crippen molar-refractivity contribution < 1.29 is 5.11 Å². The topological polar surface area (TPSA) is 20.2 Å². The summed E-state index contributed by atoms with van der Waals surface area (Å²) in [5.74, 6) is 0.458. The van der Waals surface area contributed by atoms with Gasteiger partial charge in [0.2, 0.25) is 0 Å². The van der Waals surface area contributed by atoms with Gasteiger partial charge < -0.3 is 5.11 Å². The van der Waals surface area contributed by atoms with E-state index >= 15 is 0 Å². The lowest BCUT2D eigenvalue weighted by Gasteiger charge is -2.19. The Morgan fingerprint density at radius 1 is 1.19 bits per heavy atom. The first-order chi connectivity index (χ1) is 7.68. The molecule has 2 rings (SSSR count). The normalized spacial score (nSPS) is 20.7. The molecule has 0 radical (unpaired) electrons. The van der Waals surface area contributed by atoms with E-state index in [0.717, 1.165) is 13.1 Å². The van der Waals surface area contributed by atoms with Crippen LogP contribution in [0.3, 0.4) is 0 Å². The van der Waals surface area contributed by atoms with Gasteiger partial charge in [0.1, 0.15) is 0 Å². The summed E-state index contributed by atoms with van der Waals surface area (Å²) in [7, 11) is 0. The third-order valence-electron chi connectivity index (χ3n) is 3.30. The molecule has 0 bridgehead atoms. The molecule has 1 nitrogen and oxygen atoms in total. The van der Waals surface area contributed by atoms with Gasteiger partial charge >= 0.3 is 0 Å². The molecule has 1 aromatic heterocycles. The molecule has 1 aliphatic carbocycles. The molecule has 1 unspecified atom stereocenters. The van der Waals surface area contributed by atoms with Crippen LogP contribution < -0.4 is 0 Å². The van der Waals surface area contributed by atoms with Gasteiger partial charge in [0.25, 0.3) is 0 Å². The molecule has 0 aromatic carbocycles. The molecule has 1 saturated carbocycles. The van der Waals surface area contributed by atoms with Gasteiger partial charge in [0, 0.05) is 9.35 Å². The van der Waals surface area contributed by atoms with Crippen LogP contribution in [0, 0.1) is 5.92 Å². The number of hydrogen-bond donors (Lipinski definition) is 1. The van der Waals surface area contributed by atoms with E-state index in [9.17, 15) is 5.11 Å². The second kappa shape index (κ2) is 5.98. The average molecular weight is 368 g/mol. The zero-order chi connectivity index (χ0) is 11.5. The second-order valence-corrected chi connectivity index (χ2v) is 7.72. The highest BCUT2D eigenvalue weighted by molar-refractivity contribution is 9.13. The van der Waals surface area contributed by atoms with Crippen molar-refractivity contribution in [2.75, 3.05) is 0 Å². The van der Waals surface area contributed by atoms with Crippen molar-refractivity contribution in [1.82, 2.24) is 0 Å². The van der Waals surface area contributed by atoms with E-state index < -0.39 is 0 Å². The molecular formula is C12H16Br2OS. The maximum absolute atomic E-state index is 10.4. The molecule has 1 fully saturated rings. The molecule has 90 valence electrons. The summed E-state index contributed by atoms with van der Waals surface area (Å²) < 4.78 is 2.13. The van der Waals surface area contributed by atoms with E-state index in [2.05, 4.69) is 31.9 Å². The number of aliphatic hydroxyl groups is 1. The van der Waals surface area contributed by atoms with Crippen LogP contribution in [-0.4, -0.2) is 5.11 Å². The highest BCUT2D eigenvalue weighted by Gasteiger charge is 2.24. The van der Waals surface area contributed by atoms with Gasteiger partial charge in [0.05, 0.1) is 9.89 Å². The van der Waals surface area contributed by atoms with Crippen LogP contribution in [0.25, 0.3) is 0 Å². The fourth-order valence-electron chi connectivity index (χ4n) is 2.37. The number of aliphatic hydroxyl groups excluding tert-OH is 1. The van der Waals surface area contributed by atoms with E-state index in [1.54, 1.807) is 11.3 Å². The van der Waals surface area contributed by atoms with Gasteiger partial charge in [-0.25, -0.2) is 0 Å². The van der Waals surface area contributed by atoms with Crippen LogP contribution in [0.5, 0.6) is 0 Å². The fraction of sp³-hybridized carbons (Fsp3) is 0.667. The van der Waals surface area contributed by atoms with Crippen LogP contribution in [0.1, 0.15) is 49.5 Å². The van der Waals surface area contributed by atoms with E-state index in [4.69, 9.17) is 0 Å². The van der Waals surface area contributed by atoms with E-state index in [1.807, 2.05) is 6.07 Å². The monoisotopic (exact) mass is 366 g/mol. The Labute approximate surface area is 118 Å². The molecule has 1 aromatic rings. The zero-order valence-corrected chi connectivity index (χ0v) is 13.1. The largest absolute Gasteiger partial charge is 0.387 e. The van der Waals surface area contributed by atoms with E-state index in [0.29, 0.717) is 5.92 Å². The van der Waals surface area contributed by atoms with E-state index in [-0.39, 0.29) is 6.10 Å². The number of hydrogen-bond acceptors (Lipinski definition) is 2. The highest BCUT2D eigenvalue weighted by atomic mass is 79.9. The lowest BCUT2D eigenvalue weighted by Crippen LogP contribution is -2.10. The number of halogens is 2. The maximum Gasteiger partial charge on any atom is 0.0910 e. The van der Waals surface area contributed by atoms with Crippen LogP contribution in [-0.2, 0) is 0 Å². The predicted octanol–water partition coefficient (Wildman–Crippen LogP) is 5.28. The third-order valence-corrected chi connectivity index (χ3v) is 6.63. The number of rotatable bonds is 2. The lowest BCUT2D eigenvalue weighted by molar-refractivity contribution is 0.102. The molecule has 0 spiro atoms. The molecule has 16 heavy (non-hydrogen) atoms. The minimum absolute atomic E-state index is 0.273. The van der Waals surface area contributed by atoms with Crippen LogP contribution in [0.2, 0.25) is 0 Å². The van der Waals surface area contributed by atoms with Crippen molar-refractivity contribution in [3.63, 3.8) is 0 Å². The van der Waals surface area contributed by atoms with Gasteiger partial charge in [-0.05, 0) is 56.7 Å². The first kappa shape index (κ1) is 13.1. The summed E-state index contributed by atoms with van der Waals surface area (Å²) in [5.41, 5.74) is 0. The lowest BCUT2D eigenvalue weighted by atomic mass is 9.93. The minimum Gasteiger partial charge on any atom is -0.387 e. The van der Waals surface area contributed by atoms with Gasteiger partial charge in [-0.15, -0.1) is 11.3 Å². The highest BCUT2D eigenvalue weighted by Crippen LogP contribution is 2.40. The van der Waals surface area contributed by atoms with Gasteiger partial charge in [-0.1, -0.05) is 25.7 Å². The standard InChI is InChI=1S/C12H16Br2OS/c13-9-7-10(16-12(9)14)11(15)8-5-3-1-2-4-6-8/h7-8,11,15H,1-6H2.